The molecule has 1 aliphatic heterocycles. The number of hydrogen-bond acceptors (Lipinski definition) is 3. The highest BCUT2D eigenvalue weighted by atomic mass is 16.2. The Morgan fingerprint density at radius 3 is 2.24 bits per heavy atom. The minimum atomic E-state index is 0.357. The van der Waals surface area contributed by atoms with Crippen molar-refractivity contribution < 1.29 is 4.79 Å². The first-order chi connectivity index (χ1) is 12.3. The van der Waals surface area contributed by atoms with Gasteiger partial charge in [-0.05, 0) is 67.9 Å². The lowest BCUT2D eigenvalue weighted by Gasteiger charge is -2.54. The summed E-state index contributed by atoms with van der Waals surface area (Å²) in [5.41, 5.74) is 1.13. The Labute approximate surface area is 150 Å². The monoisotopic (exact) mass is 339 g/mol. The molecule has 0 atom stereocenters. The van der Waals surface area contributed by atoms with Crippen LogP contribution in [-0.2, 0) is 11.3 Å². The summed E-state index contributed by atoms with van der Waals surface area (Å²) in [6.07, 6.45) is 8.67. The smallest absolute Gasteiger partial charge is 0.226 e. The predicted octanol–water partition coefficient (Wildman–Crippen LogP) is 2.80. The molecular weight excluding hydrogens is 310 g/mol. The lowest BCUT2D eigenvalue weighted by molar-refractivity contribution is -0.150. The van der Waals surface area contributed by atoms with Gasteiger partial charge in [-0.3, -0.25) is 14.7 Å². The molecule has 4 nitrogen and oxygen atoms in total. The first-order valence-corrected chi connectivity index (χ1v) is 10.2. The number of piperazine rings is 1. The van der Waals surface area contributed by atoms with E-state index in [2.05, 4.69) is 26.9 Å². The molecule has 5 aliphatic rings. The van der Waals surface area contributed by atoms with E-state index in [1.807, 2.05) is 12.3 Å². The van der Waals surface area contributed by atoms with Crippen LogP contribution in [-0.4, -0.2) is 46.9 Å². The van der Waals surface area contributed by atoms with Crippen molar-refractivity contribution in [3.05, 3.63) is 30.1 Å². The zero-order valence-corrected chi connectivity index (χ0v) is 15.0. The summed E-state index contributed by atoms with van der Waals surface area (Å²) in [5, 5.41) is 0. The summed E-state index contributed by atoms with van der Waals surface area (Å²) >= 11 is 0. The van der Waals surface area contributed by atoms with E-state index in [4.69, 9.17) is 0 Å². The minimum Gasteiger partial charge on any atom is -0.340 e. The Bertz CT molecular complexity index is 595. The molecule has 1 aromatic rings. The molecule has 0 unspecified atom stereocenters. The molecule has 2 heterocycles. The molecule has 4 bridgehead atoms. The molecule has 0 aromatic carbocycles. The van der Waals surface area contributed by atoms with E-state index in [1.165, 1.54) is 32.1 Å². The van der Waals surface area contributed by atoms with E-state index < -0.39 is 0 Å². The number of hydrogen-bond donors (Lipinski definition) is 0. The molecule has 1 amide bonds. The molecule has 0 radical (unpaired) electrons. The maximum absolute atomic E-state index is 13.2. The number of rotatable bonds is 3. The average Bonchev–Trinajstić information content (AvgIpc) is 2.62. The largest absolute Gasteiger partial charge is 0.340 e. The Balaban J connectivity index is 1.19. The van der Waals surface area contributed by atoms with E-state index in [1.54, 1.807) is 0 Å². The highest BCUT2D eigenvalue weighted by Crippen LogP contribution is 2.56. The van der Waals surface area contributed by atoms with Crippen LogP contribution in [0.5, 0.6) is 0 Å². The molecule has 1 aromatic heterocycles. The molecule has 4 aliphatic carbocycles. The van der Waals surface area contributed by atoms with Crippen molar-refractivity contribution in [3.63, 3.8) is 0 Å². The molecule has 0 spiro atoms. The van der Waals surface area contributed by atoms with Crippen LogP contribution in [0.15, 0.2) is 24.4 Å². The first-order valence-electron chi connectivity index (χ1n) is 10.2. The van der Waals surface area contributed by atoms with E-state index in [0.29, 0.717) is 23.7 Å². The van der Waals surface area contributed by atoms with Gasteiger partial charge in [0.15, 0.2) is 0 Å². The van der Waals surface area contributed by atoms with E-state index in [9.17, 15) is 4.79 Å². The van der Waals surface area contributed by atoms with Crippen molar-refractivity contribution in [2.75, 3.05) is 26.2 Å². The van der Waals surface area contributed by atoms with Gasteiger partial charge in [0.2, 0.25) is 5.91 Å². The fourth-order valence-corrected chi connectivity index (χ4v) is 6.39. The van der Waals surface area contributed by atoms with Crippen molar-refractivity contribution in [2.45, 2.75) is 38.6 Å². The molecule has 134 valence electrons. The number of amides is 1. The highest BCUT2D eigenvalue weighted by molar-refractivity contribution is 5.80. The third-order valence-electron chi connectivity index (χ3n) is 7.31. The maximum atomic E-state index is 13.2. The average molecular weight is 339 g/mol. The Hall–Kier alpha value is -1.42. The van der Waals surface area contributed by atoms with Crippen molar-refractivity contribution in [3.8, 4) is 0 Å². The highest BCUT2D eigenvalue weighted by Gasteiger charge is 2.51. The van der Waals surface area contributed by atoms with Gasteiger partial charge >= 0.3 is 0 Å². The fraction of sp³-hybridized carbons (Fsp3) is 0.714. The predicted molar refractivity (Wildman–Crippen MR) is 96.6 cm³/mol. The molecule has 5 fully saturated rings. The summed E-state index contributed by atoms with van der Waals surface area (Å²) in [5.74, 6) is 4.15. The van der Waals surface area contributed by atoms with Crippen LogP contribution in [0.25, 0.3) is 0 Å². The van der Waals surface area contributed by atoms with Gasteiger partial charge in [-0.15, -0.1) is 0 Å². The standard InChI is InChI=1S/C21H29N3O/c25-21(20-17-10-15-9-16(12-17)13-18(20)11-15)24-7-5-23(6-8-24)14-19-3-1-2-4-22-19/h1-4,15-18,20H,5-14H2. The van der Waals surface area contributed by atoms with Crippen molar-refractivity contribution in [1.29, 1.82) is 0 Å². The second kappa shape index (κ2) is 6.39. The van der Waals surface area contributed by atoms with E-state index in [0.717, 1.165) is 50.3 Å². The molecule has 0 N–H and O–H groups in total. The summed E-state index contributed by atoms with van der Waals surface area (Å²) in [6.45, 7) is 4.66. The molecule has 4 saturated carbocycles. The molecule has 4 heteroatoms. The quantitative estimate of drug-likeness (QED) is 0.850. The zero-order valence-electron chi connectivity index (χ0n) is 15.0. The van der Waals surface area contributed by atoms with Gasteiger partial charge < -0.3 is 4.90 Å². The number of aromatic nitrogens is 1. The van der Waals surface area contributed by atoms with Crippen LogP contribution in [0.3, 0.4) is 0 Å². The summed E-state index contributed by atoms with van der Waals surface area (Å²) in [6, 6.07) is 6.10. The maximum Gasteiger partial charge on any atom is 0.226 e. The van der Waals surface area contributed by atoms with Crippen molar-refractivity contribution in [1.82, 2.24) is 14.8 Å². The molecular formula is C21H29N3O. The second-order valence-corrected chi connectivity index (χ2v) is 8.88. The summed E-state index contributed by atoms with van der Waals surface area (Å²) in [4.78, 5) is 22.3. The van der Waals surface area contributed by atoms with Gasteiger partial charge in [0.25, 0.3) is 0 Å². The molecule has 6 rings (SSSR count). The van der Waals surface area contributed by atoms with Crippen LogP contribution < -0.4 is 0 Å². The van der Waals surface area contributed by atoms with Gasteiger partial charge in [-0.2, -0.15) is 0 Å². The first kappa shape index (κ1) is 15.8. The lowest BCUT2D eigenvalue weighted by Crippen LogP contribution is -2.55. The third kappa shape index (κ3) is 2.99. The van der Waals surface area contributed by atoms with Crippen LogP contribution in [0.4, 0.5) is 0 Å². The number of pyridine rings is 1. The van der Waals surface area contributed by atoms with Crippen molar-refractivity contribution >= 4 is 5.91 Å². The Kier molecular flexibility index (Phi) is 4.04. The second-order valence-electron chi connectivity index (χ2n) is 8.88. The topological polar surface area (TPSA) is 36.4 Å². The number of nitrogens with zero attached hydrogens (tertiary/aromatic N) is 3. The molecule has 1 saturated heterocycles. The van der Waals surface area contributed by atoms with Crippen LogP contribution in [0.2, 0.25) is 0 Å². The Morgan fingerprint density at radius 1 is 0.960 bits per heavy atom. The molecule has 25 heavy (non-hydrogen) atoms. The van der Waals surface area contributed by atoms with Crippen LogP contribution in [0.1, 0.15) is 37.8 Å². The SMILES string of the molecule is O=C(C1C2CC3CC(C2)CC1C3)N1CCN(Cc2ccccn2)CC1. The fourth-order valence-electron chi connectivity index (χ4n) is 6.39. The van der Waals surface area contributed by atoms with Gasteiger partial charge in [-0.1, -0.05) is 6.07 Å². The number of carbonyl (C=O) groups is 1. The van der Waals surface area contributed by atoms with Gasteiger partial charge in [0.05, 0.1) is 5.69 Å². The Morgan fingerprint density at radius 2 is 1.64 bits per heavy atom. The lowest BCUT2D eigenvalue weighted by atomic mass is 9.51. The summed E-state index contributed by atoms with van der Waals surface area (Å²) < 4.78 is 0. The van der Waals surface area contributed by atoms with E-state index >= 15 is 0 Å². The van der Waals surface area contributed by atoms with Gasteiger partial charge in [0, 0.05) is 44.8 Å². The third-order valence-corrected chi connectivity index (χ3v) is 7.31. The minimum absolute atomic E-state index is 0.357. The van der Waals surface area contributed by atoms with Crippen LogP contribution in [0, 0.1) is 29.6 Å². The zero-order chi connectivity index (χ0) is 16.8. The van der Waals surface area contributed by atoms with Crippen molar-refractivity contribution in [2.24, 2.45) is 29.6 Å². The van der Waals surface area contributed by atoms with Gasteiger partial charge in [0.1, 0.15) is 0 Å². The summed E-state index contributed by atoms with van der Waals surface area (Å²) in [7, 11) is 0. The van der Waals surface area contributed by atoms with Crippen LogP contribution >= 0.6 is 0 Å². The van der Waals surface area contributed by atoms with E-state index in [-0.39, 0.29) is 0 Å². The number of carbonyl (C=O) groups excluding carboxylic acids is 1. The van der Waals surface area contributed by atoms with Gasteiger partial charge in [-0.25, -0.2) is 0 Å². The normalized spacial score (nSPS) is 37.4.